The van der Waals surface area contributed by atoms with E-state index in [4.69, 9.17) is 9.47 Å². The highest BCUT2D eigenvalue weighted by atomic mass is 16.6. The molecule has 1 N–H and O–H groups in total. The molecule has 6 aliphatic rings. The minimum atomic E-state index is -0.639. The lowest BCUT2D eigenvalue weighted by Gasteiger charge is -2.59. The smallest absolute Gasteiger partial charge is 0.336 e. The Bertz CT molecular complexity index is 994. The summed E-state index contributed by atoms with van der Waals surface area (Å²) in [6.07, 6.45) is 10.6. The molecule has 0 aromatic rings. The molecule has 5 heteroatoms. The fourth-order valence-electron chi connectivity index (χ4n) is 8.99. The Morgan fingerprint density at radius 3 is 2.58 bits per heavy atom. The first-order valence-corrected chi connectivity index (χ1v) is 12.7. The van der Waals surface area contributed by atoms with Crippen LogP contribution in [0.1, 0.15) is 59.3 Å². The standard InChI is InChI=1S/C28H36O5/c1-15-25(31)33-22-13-26(15,2)32-14-18(22)20-11-10-19-17-9-8-16-6-5-7-23(29)27(16,3)21(17)12-24(30)28(19,20)4/h5,7-8,17-22,24,30H,1,6,9-14H2,2-4H3/t17-,18-,19-,20+,21-,22+,24+,26-,27-,28-/m0/s1. The van der Waals surface area contributed by atoms with Crippen molar-refractivity contribution in [3.05, 3.63) is 36.0 Å². The third-order valence-corrected chi connectivity index (χ3v) is 11.1. The molecule has 33 heavy (non-hydrogen) atoms. The molecule has 0 amide bonds. The van der Waals surface area contributed by atoms with E-state index in [0.717, 1.165) is 25.7 Å². The molecule has 0 unspecified atom stereocenters. The minimum Gasteiger partial charge on any atom is -0.458 e. The van der Waals surface area contributed by atoms with E-state index in [2.05, 4.69) is 26.5 Å². The van der Waals surface area contributed by atoms with Crippen molar-refractivity contribution in [1.82, 2.24) is 0 Å². The fraction of sp³-hybridized carbons (Fsp3) is 0.714. The molecule has 4 fully saturated rings. The summed E-state index contributed by atoms with van der Waals surface area (Å²) in [4.78, 5) is 25.6. The molecular weight excluding hydrogens is 416 g/mol. The molecule has 5 nitrogen and oxygen atoms in total. The summed E-state index contributed by atoms with van der Waals surface area (Å²) in [6.45, 7) is 10.8. The van der Waals surface area contributed by atoms with E-state index in [-0.39, 0.29) is 41.0 Å². The monoisotopic (exact) mass is 452 g/mol. The van der Waals surface area contributed by atoms with Crippen LogP contribution in [0.3, 0.4) is 0 Å². The number of carbonyl (C=O) groups excluding carboxylic acids is 2. The van der Waals surface area contributed by atoms with Gasteiger partial charge >= 0.3 is 5.97 Å². The number of hydrogen-bond donors (Lipinski definition) is 1. The molecule has 6 rings (SSSR count). The van der Waals surface area contributed by atoms with E-state index in [1.165, 1.54) is 5.57 Å². The first-order valence-electron chi connectivity index (χ1n) is 12.7. The SMILES string of the molecule is C=C1C(=O)O[C@@H]2C[C@]1(C)OC[C@H]2[C@H]1CC[C@H]2[C@@H]3CC=C4CC=CC(=O)[C@]4(C)[C@H]3C[C@@H](O)[C@]12C. The molecule has 0 aromatic carbocycles. The van der Waals surface area contributed by atoms with Gasteiger partial charge in [-0.1, -0.05) is 31.2 Å². The Hall–Kier alpha value is -1.72. The van der Waals surface area contributed by atoms with Gasteiger partial charge in [-0.3, -0.25) is 4.79 Å². The number of esters is 1. The third kappa shape index (κ3) is 2.67. The van der Waals surface area contributed by atoms with Crippen molar-refractivity contribution in [2.45, 2.75) is 77.1 Å². The molecule has 4 aliphatic carbocycles. The Balaban J connectivity index is 1.32. The van der Waals surface area contributed by atoms with Gasteiger partial charge in [0.15, 0.2) is 5.78 Å². The van der Waals surface area contributed by atoms with Crippen LogP contribution in [-0.2, 0) is 19.1 Å². The van der Waals surface area contributed by atoms with Crippen LogP contribution in [0.25, 0.3) is 0 Å². The second kappa shape index (κ2) is 6.91. The van der Waals surface area contributed by atoms with Gasteiger partial charge in [-0.2, -0.15) is 0 Å². The molecule has 2 bridgehead atoms. The van der Waals surface area contributed by atoms with Gasteiger partial charge in [-0.15, -0.1) is 0 Å². The first-order chi connectivity index (χ1) is 15.6. The zero-order valence-electron chi connectivity index (χ0n) is 20.0. The summed E-state index contributed by atoms with van der Waals surface area (Å²) < 4.78 is 12.1. The van der Waals surface area contributed by atoms with Gasteiger partial charge in [-0.05, 0) is 81.1 Å². The van der Waals surface area contributed by atoms with Crippen molar-refractivity contribution in [2.75, 3.05) is 6.61 Å². The molecule has 2 saturated heterocycles. The number of carbonyl (C=O) groups is 2. The number of ketones is 1. The van der Waals surface area contributed by atoms with E-state index < -0.39 is 17.1 Å². The Morgan fingerprint density at radius 1 is 1.09 bits per heavy atom. The summed E-state index contributed by atoms with van der Waals surface area (Å²) >= 11 is 0. The predicted molar refractivity (Wildman–Crippen MR) is 123 cm³/mol. The molecule has 0 radical (unpaired) electrons. The fourth-order valence-corrected chi connectivity index (χ4v) is 8.99. The second-order valence-corrected chi connectivity index (χ2v) is 12.1. The predicted octanol–water partition coefficient (Wildman–Crippen LogP) is 4.16. The topological polar surface area (TPSA) is 72.8 Å². The number of hydrogen-bond acceptors (Lipinski definition) is 5. The lowest BCUT2D eigenvalue weighted by atomic mass is 9.46. The number of rotatable bonds is 1. The van der Waals surface area contributed by atoms with Gasteiger partial charge in [-0.25, -0.2) is 4.79 Å². The maximum atomic E-state index is 13.1. The number of ether oxygens (including phenoxy) is 2. The molecule has 10 atom stereocenters. The van der Waals surface area contributed by atoms with Gasteiger partial charge in [0.1, 0.15) is 11.7 Å². The quantitative estimate of drug-likeness (QED) is 0.367. The summed E-state index contributed by atoms with van der Waals surface area (Å²) in [5.41, 5.74) is 0.277. The minimum absolute atomic E-state index is 0.0841. The third-order valence-electron chi connectivity index (χ3n) is 11.1. The van der Waals surface area contributed by atoms with Crippen molar-refractivity contribution in [2.24, 2.45) is 40.4 Å². The highest BCUT2D eigenvalue weighted by Gasteiger charge is 2.65. The van der Waals surface area contributed by atoms with E-state index in [1.807, 2.05) is 13.0 Å². The normalized spacial score (nSPS) is 53.0. The van der Waals surface area contributed by atoms with Crippen LogP contribution in [0.5, 0.6) is 0 Å². The zero-order valence-corrected chi connectivity index (χ0v) is 20.0. The lowest BCUT2D eigenvalue weighted by Crippen LogP contribution is -2.61. The van der Waals surface area contributed by atoms with Gasteiger partial charge in [0, 0.05) is 12.3 Å². The Kier molecular flexibility index (Phi) is 4.56. The number of allylic oxidation sites excluding steroid dienone is 4. The van der Waals surface area contributed by atoms with E-state index in [0.29, 0.717) is 36.9 Å². The van der Waals surface area contributed by atoms with Gasteiger partial charge in [0.2, 0.25) is 0 Å². The maximum absolute atomic E-state index is 13.1. The second-order valence-electron chi connectivity index (χ2n) is 12.1. The van der Waals surface area contributed by atoms with Crippen LogP contribution in [0.4, 0.5) is 0 Å². The van der Waals surface area contributed by atoms with Crippen LogP contribution in [0.15, 0.2) is 36.0 Å². The van der Waals surface area contributed by atoms with Crippen molar-refractivity contribution < 1.29 is 24.2 Å². The van der Waals surface area contributed by atoms with Crippen LogP contribution in [0, 0.1) is 40.4 Å². The first kappa shape index (κ1) is 21.8. The van der Waals surface area contributed by atoms with Crippen LogP contribution in [0.2, 0.25) is 0 Å². The largest absolute Gasteiger partial charge is 0.458 e. The summed E-state index contributed by atoms with van der Waals surface area (Å²) in [7, 11) is 0. The average Bonchev–Trinajstić information content (AvgIpc) is 3.13. The lowest BCUT2D eigenvalue weighted by molar-refractivity contribution is -0.208. The summed E-state index contributed by atoms with van der Waals surface area (Å²) in [5.74, 6) is 1.11. The van der Waals surface area contributed by atoms with Crippen LogP contribution < -0.4 is 0 Å². The Labute approximate surface area is 196 Å². The van der Waals surface area contributed by atoms with Crippen molar-refractivity contribution in [3.8, 4) is 0 Å². The van der Waals surface area contributed by atoms with Crippen molar-refractivity contribution >= 4 is 11.8 Å². The van der Waals surface area contributed by atoms with Crippen molar-refractivity contribution in [3.63, 3.8) is 0 Å². The Morgan fingerprint density at radius 2 is 1.82 bits per heavy atom. The number of aliphatic hydroxyl groups excluding tert-OH is 1. The van der Waals surface area contributed by atoms with E-state index in [1.54, 1.807) is 6.08 Å². The van der Waals surface area contributed by atoms with Crippen molar-refractivity contribution in [1.29, 1.82) is 0 Å². The number of fused-ring (bicyclic) bond motifs is 7. The molecule has 2 aliphatic heterocycles. The molecule has 0 spiro atoms. The van der Waals surface area contributed by atoms with Gasteiger partial charge in [0.25, 0.3) is 0 Å². The zero-order chi connectivity index (χ0) is 23.3. The molecule has 2 saturated carbocycles. The molecule has 2 heterocycles. The van der Waals surface area contributed by atoms with Gasteiger partial charge < -0.3 is 14.6 Å². The molecule has 0 aromatic heterocycles. The molecule has 178 valence electrons. The van der Waals surface area contributed by atoms with Gasteiger partial charge in [0.05, 0.1) is 23.7 Å². The van der Waals surface area contributed by atoms with E-state index in [9.17, 15) is 14.7 Å². The average molecular weight is 453 g/mol. The van der Waals surface area contributed by atoms with Crippen LogP contribution >= 0.6 is 0 Å². The molecular formula is C28H36O5. The van der Waals surface area contributed by atoms with E-state index >= 15 is 0 Å². The highest BCUT2D eigenvalue weighted by Crippen LogP contribution is 2.67. The number of aliphatic hydroxyl groups is 1. The highest BCUT2D eigenvalue weighted by molar-refractivity contribution is 5.98. The van der Waals surface area contributed by atoms with Crippen LogP contribution in [-0.4, -0.2) is 41.3 Å². The maximum Gasteiger partial charge on any atom is 0.336 e. The summed E-state index contributed by atoms with van der Waals surface area (Å²) in [6, 6.07) is 0. The summed E-state index contributed by atoms with van der Waals surface area (Å²) in [5, 5.41) is 11.7.